The number of fused-ring (bicyclic) bond motifs is 1. The lowest BCUT2D eigenvalue weighted by Crippen LogP contribution is -2.32. The molecule has 0 aliphatic carbocycles. The van der Waals surface area contributed by atoms with Crippen LogP contribution in [0.2, 0.25) is 0 Å². The van der Waals surface area contributed by atoms with Crippen LogP contribution in [0, 0.1) is 0 Å². The summed E-state index contributed by atoms with van der Waals surface area (Å²) in [7, 11) is 0. The quantitative estimate of drug-likeness (QED) is 0.904. The highest BCUT2D eigenvalue weighted by Gasteiger charge is 2.29. The molecule has 5 nitrogen and oxygen atoms in total. The zero-order chi connectivity index (χ0) is 14.9. The first-order chi connectivity index (χ1) is 10.1. The summed E-state index contributed by atoms with van der Waals surface area (Å²) in [5.41, 5.74) is 0.814. The molecule has 1 aliphatic heterocycles. The Morgan fingerprint density at radius 1 is 1.43 bits per heavy atom. The first-order valence-corrected chi connectivity index (χ1v) is 7.08. The van der Waals surface area contributed by atoms with Gasteiger partial charge in [-0.25, -0.2) is 9.78 Å². The summed E-state index contributed by atoms with van der Waals surface area (Å²) in [5, 5.41) is 13.1. The van der Waals surface area contributed by atoms with Gasteiger partial charge in [0.2, 0.25) is 0 Å². The van der Waals surface area contributed by atoms with Gasteiger partial charge in [0.05, 0.1) is 16.7 Å². The molecule has 0 amide bonds. The van der Waals surface area contributed by atoms with Crippen molar-refractivity contribution in [2.75, 3.05) is 18.5 Å². The van der Waals surface area contributed by atoms with Crippen LogP contribution in [0.5, 0.6) is 0 Å². The molecule has 1 aromatic carbocycles. The van der Waals surface area contributed by atoms with Crippen LogP contribution in [0.3, 0.4) is 0 Å². The van der Waals surface area contributed by atoms with E-state index in [0.717, 1.165) is 25.3 Å². The summed E-state index contributed by atoms with van der Waals surface area (Å²) >= 11 is 0. The van der Waals surface area contributed by atoms with E-state index in [-0.39, 0.29) is 11.2 Å². The fraction of sp³-hybridized carbons (Fsp3) is 0.375. The number of rotatable bonds is 4. The van der Waals surface area contributed by atoms with Gasteiger partial charge in [-0.1, -0.05) is 6.07 Å². The molecule has 5 heteroatoms. The van der Waals surface area contributed by atoms with E-state index in [9.17, 15) is 9.90 Å². The van der Waals surface area contributed by atoms with E-state index in [1.54, 1.807) is 18.2 Å². The number of ether oxygens (including phenoxy) is 1. The molecular weight excluding hydrogens is 268 g/mol. The van der Waals surface area contributed by atoms with E-state index in [2.05, 4.69) is 17.2 Å². The smallest absolute Gasteiger partial charge is 0.336 e. The maximum atomic E-state index is 11.2. The maximum Gasteiger partial charge on any atom is 0.336 e. The van der Waals surface area contributed by atoms with Gasteiger partial charge in [-0.05, 0) is 44.0 Å². The Balaban J connectivity index is 1.83. The topological polar surface area (TPSA) is 71.5 Å². The molecule has 110 valence electrons. The number of pyridine rings is 1. The van der Waals surface area contributed by atoms with Crippen molar-refractivity contribution in [1.29, 1.82) is 0 Å². The van der Waals surface area contributed by atoms with E-state index >= 15 is 0 Å². The Kier molecular flexibility index (Phi) is 3.51. The molecule has 3 rings (SSSR count). The Labute approximate surface area is 123 Å². The summed E-state index contributed by atoms with van der Waals surface area (Å²) in [6, 6.07) is 8.73. The third-order valence-electron chi connectivity index (χ3n) is 3.91. The van der Waals surface area contributed by atoms with Crippen molar-refractivity contribution in [3.8, 4) is 0 Å². The highest BCUT2D eigenvalue weighted by atomic mass is 16.5. The second-order valence-electron chi connectivity index (χ2n) is 5.63. The summed E-state index contributed by atoms with van der Waals surface area (Å²) in [6.45, 7) is 3.60. The van der Waals surface area contributed by atoms with Gasteiger partial charge in [0.15, 0.2) is 0 Å². The molecule has 0 bridgehead atoms. The van der Waals surface area contributed by atoms with Crippen LogP contribution in [-0.4, -0.2) is 34.8 Å². The standard InChI is InChI=1S/C16H18N2O3/c1-16(8-3-9-21-16)10-17-14-7-6-11-12(15(19)20)4-2-5-13(11)18-14/h2,4-7H,3,8-10H2,1H3,(H,17,18)(H,19,20). The number of nitrogens with one attached hydrogen (secondary N) is 1. The van der Waals surface area contributed by atoms with E-state index in [1.807, 2.05) is 12.1 Å². The van der Waals surface area contributed by atoms with Crippen molar-refractivity contribution in [2.24, 2.45) is 0 Å². The van der Waals surface area contributed by atoms with Gasteiger partial charge in [0.25, 0.3) is 0 Å². The number of carboxylic acids is 1. The molecule has 2 N–H and O–H groups in total. The SMILES string of the molecule is CC1(CNc2ccc3c(C(=O)O)cccc3n2)CCCO1. The lowest BCUT2D eigenvalue weighted by molar-refractivity contribution is 0.0315. The van der Waals surface area contributed by atoms with E-state index in [0.29, 0.717) is 17.4 Å². The second kappa shape index (κ2) is 5.33. The molecule has 1 fully saturated rings. The van der Waals surface area contributed by atoms with Gasteiger partial charge in [0, 0.05) is 18.5 Å². The minimum atomic E-state index is -0.935. The number of aromatic carboxylic acids is 1. The summed E-state index contributed by atoms with van der Waals surface area (Å²) in [6.07, 6.45) is 2.13. The average molecular weight is 286 g/mol. The number of benzene rings is 1. The minimum absolute atomic E-state index is 0.139. The van der Waals surface area contributed by atoms with Crippen LogP contribution in [0.1, 0.15) is 30.1 Å². The molecule has 2 aromatic rings. The van der Waals surface area contributed by atoms with Gasteiger partial charge >= 0.3 is 5.97 Å². The molecule has 0 spiro atoms. The van der Waals surface area contributed by atoms with Crippen LogP contribution in [0.25, 0.3) is 10.9 Å². The van der Waals surface area contributed by atoms with Crippen LogP contribution in [0.15, 0.2) is 30.3 Å². The van der Waals surface area contributed by atoms with Crippen molar-refractivity contribution in [3.05, 3.63) is 35.9 Å². The van der Waals surface area contributed by atoms with Crippen molar-refractivity contribution in [3.63, 3.8) is 0 Å². The highest BCUT2D eigenvalue weighted by Crippen LogP contribution is 2.26. The summed E-state index contributed by atoms with van der Waals surface area (Å²) in [5.74, 6) is -0.197. The van der Waals surface area contributed by atoms with E-state index in [4.69, 9.17) is 4.74 Å². The predicted octanol–water partition coefficient (Wildman–Crippen LogP) is 2.91. The Hall–Kier alpha value is -2.14. The summed E-state index contributed by atoms with van der Waals surface area (Å²) in [4.78, 5) is 15.7. The van der Waals surface area contributed by atoms with E-state index in [1.165, 1.54) is 0 Å². The number of aromatic nitrogens is 1. The maximum absolute atomic E-state index is 11.2. The van der Waals surface area contributed by atoms with Crippen molar-refractivity contribution in [1.82, 2.24) is 4.98 Å². The zero-order valence-corrected chi connectivity index (χ0v) is 11.9. The first kappa shape index (κ1) is 13.8. The highest BCUT2D eigenvalue weighted by molar-refractivity contribution is 6.02. The van der Waals surface area contributed by atoms with E-state index < -0.39 is 5.97 Å². The number of hydrogen-bond acceptors (Lipinski definition) is 4. The van der Waals surface area contributed by atoms with Crippen LogP contribution in [-0.2, 0) is 4.74 Å². The Bertz CT molecular complexity index is 678. The molecule has 1 aromatic heterocycles. The Morgan fingerprint density at radius 2 is 2.29 bits per heavy atom. The molecule has 1 atom stereocenters. The van der Waals surface area contributed by atoms with Gasteiger partial charge in [0.1, 0.15) is 5.82 Å². The first-order valence-electron chi connectivity index (χ1n) is 7.08. The molecule has 1 aliphatic rings. The molecule has 2 heterocycles. The average Bonchev–Trinajstić information content (AvgIpc) is 2.91. The molecule has 0 saturated carbocycles. The fourth-order valence-electron chi connectivity index (χ4n) is 2.69. The lowest BCUT2D eigenvalue weighted by atomic mass is 10.0. The normalized spacial score (nSPS) is 21.6. The zero-order valence-electron chi connectivity index (χ0n) is 11.9. The largest absolute Gasteiger partial charge is 0.478 e. The van der Waals surface area contributed by atoms with Gasteiger partial charge in [-0.15, -0.1) is 0 Å². The van der Waals surface area contributed by atoms with Crippen LogP contribution in [0.4, 0.5) is 5.82 Å². The fourth-order valence-corrected chi connectivity index (χ4v) is 2.69. The number of anilines is 1. The van der Waals surface area contributed by atoms with Crippen LogP contribution < -0.4 is 5.32 Å². The van der Waals surface area contributed by atoms with Gasteiger partial charge < -0.3 is 15.2 Å². The van der Waals surface area contributed by atoms with Crippen molar-refractivity contribution < 1.29 is 14.6 Å². The number of hydrogen-bond donors (Lipinski definition) is 2. The van der Waals surface area contributed by atoms with Gasteiger partial charge in [-0.3, -0.25) is 0 Å². The van der Waals surface area contributed by atoms with Crippen molar-refractivity contribution in [2.45, 2.75) is 25.4 Å². The molecule has 1 unspecified atom stereocenters. The third-order valence-corrected chi connectivity index (χ3v) is 3.91. The number of carbonyl (C=O) groups is 1. The third kappa shape index (κ3) is 2.83. The molecular formula is C16H18N2O3. The number of carboxylic acid groups (broad SMARTS) is 1. The lowest BCUT2D eigenvalue weighted by Gasteiger charge is -2.23. The van der Waals surface area contributed by atoms with Crippen LogP contribution >= 0.6 is 0 Å². The second-order valence-corrected chi connectivity index (χ2v) is 5.63. The monoisotopic (exact) mass is 286 g/mol. The Morgan fingerprint density at radius 3 is 3.00 bits per heavy atom. The molecule has 21 heavy (non-hydrogen) atoms. The number of nitrogens with zero attached hydrogens (tertiary/aromatic N) is 1. The minimum Gasteiger partial charge on any atom is -0.478 e. The van der Waals surface area contributed by atoms with Gasteiger partial charge in [-0.2, -0.15) is 0 Å². The van der Waals surface area contributed by atoms with Crippen molar-refractivity contribution >= 4 is 22.7 Å². The summed E-state index contributed by atoms with van der Waals surface area (Å²) < 4.78 is 5.73. The molecule has 1 saturated heterocycles. The molecule has 0 radical (unpaired) electrons. The predicted molar refractivity (Wildman–Crippen MR) is 80.8 cm³/mol.